The number of rotatable bonds is 40. The zero-order valence-corrected chi connectivity index (χ0v) is 34.6. The van der Waals surface area contributed by atoms with Crippen LogP contribution in [0.1, 0.15) is 226 Å². The highest BCUT2D eigenvalue weighted by Gasteiger charge is 2.26. The van der Waals surface area contributed by atoms with E-state index in [0.717, 1.165) is 57.9 Å². The Morgan fingerprint density at radius 3 is 1.25 bits per heavy atom. The quantitative estimate of drug-likeness (QED) is 0.0241. The summed E-state index contributed by atoms with van der Waals surface area (Å²) < 4.78 is 0. The highest BCUT2D eigenvalue weighted by atomic mass is 16.2. The van der Waals surface area contributed by atoms with Crippen molar-refractivity contribution >= 4 is 17.7 Å². The van der Waals surface area contributed by atoms with Crippen LogP contribution in [0, 0.1) is 0 Å². The fraction of sp³-hybridized carbons (Fsp3) is 0.930. The molecule has 7 N–H and O–H groups in total. The summed E-state index contributed by atoms with van der Waals surface area (Å²) in [6.45, 7) is 6.35. The van der Waals surface area contributed by atoms with Crippen molar-refractivity contribution in [1.82, 2.24) is 21.1 Å². The van der Waals surface area contributed by atoms with Gasteiger partial charge in [-0.3, -0.25) is 19.8 Å². The van der Waals surface area contributed by atoms with E-state index in [2.05, 4.69) is 29.9 Å². The van der Waals surface area contributed by atoms with Crippen LogP contribution in [0.5, 0.6) is 0 Å². The molecular formula is C43H88N6O3. The zero-order valence-electron chi connectivity index (χ0n) is 34.6. The maximum Gasteiger partial charge on any atom is 0.256 e. The average Bonchev–Trinajstić information content (AvgIpc) is 3.14. The maximum atomic E-state index is 13.0. The lowest BCUT2D eigenvalue weighted by atomic mass is 10.0. The van der Waals surface area contributed by atoms with Crippen molar-refractivity contribution in [2.75, 3.05) is 26.2 Å². The number of hydrogen-bond acceptors (Lipinski definition) is 6. The van der Waals surface area contributed by atoms with Crippen LogP contribution in [0.25, 0.3) is 0 Å². The fourth-order valence-electron chi connectivity index (χ4n) is 6.84. The number of nitrogens with one attached hydrogen (secondary N) is 3. The Morgan fingerprint density at radius 2 is 0.865 bits per heavy atom. The van der Waals surface area contributed by atoms with Gasteiger partial charge >= 0.3 is 0 Å². The molecule has 0 aliphatic rings. The minimum Gasteiger partial charge on any atom is -0.334 e. The summed E-state index contributed by atoms with van der Waals surface area (Å²) in [6, 6.07) is 0. The molecule has 0 bridgehead atoms. The van der Waals surface area contributed by atoms with Gasteiger partial charge in [0.05, 0.1) is 6.54 Å². The number of hydrogen-bond donors (Lipinski definition) is 5. The van der Waals surface area contributed by atoms with Gasteiger partial charge in [0.2, 0.25) is 11.8 Å². The molecule has 0 aromatic carbocycles. The fourth-order valence-corrected chi connectivity index (χ4v) is 6.84. The zero-order chi connectivity index (χ0) is 38.2. The van der Waals surface area contributed by atoms with E-state index in [4.69, 9.17) is 11.5 Å². The normalized spacial score (nSPS) is 11.8. The third kappa shape index (κ3) is 34.1. The second-order valence-electron chi connectivity index (χ2n) is 15.3. The number of nitrogens with zero attached hydrogens (tertiary/aromatic N) is 1. The van der Waals surface area contributed by atoms with Gasteiger partial charge in [0.15, 0.2) is 0 Å². The molecule has 1 atom stereocenters. The summed E-state index contributed by atoms with van der Waals surface area (Å²) in [5.74, 6) is -0.704. The number of hydrazine groups is 1. The topological polar surface area (TPSA) is 143 Å². The SMILES string of the molecule is CCCCCCCCCCCCCCCCC(=O)NC(CCNCCCCN)N(NC(=O)CCCCCCCCCCCCCCCC)C(=O)CN. The Balaban J connectivity index is 4.50. The van der Waals surface area contributed by atoms with Gasteiger partial charge in [-0.25, -0.2) is 5.01 Å². The van der Waals surface area contributed by atoms with E-state index in [1.807, 2.05) is 0 Å². The van der Waals surface area contributed by atoms with Crippen LogP contribution in [-0.2, 0) is 14.4 Å². The lowest BCUT2D eigenvalue weighted by molar-refractivity contribution is -0.146. The summed E-state index contributed by atoms with van der Waals surface area (Å²) in [5.41, 5.74) is 14.2. The van der Waals surface area contributed by atoms with Gasteiger partial charge < -0.3 is 22.1 Å². The van der Waals surface area contributed by atoms with Crippen LogP contribution < -0.4 is 27.5 Å². The van der Waals surface area contributed by atoms with Crippen molar-refractivity contribution in [1.29, 1.82) is 0 Å². The summed E-state index contributed by atoms with van der Waals surface area (Å²) in [7, 11) is 0. The van der Waals surface area contributed by atoms with E-state index in [-0.39, 0.29) is 18.4 Å². The highest BCUT2D eigenvalue weighted by molar-refractivity contribution is 5.84. The molecule has 0 fully saturated rings. The smallest absolute Gasteiger partial charge is 0.256 e. The molecule has 1 unspecified atom stereocenters. The monoisotopic (exact) mass is 737 g/mol. The van der Waals surface area contributed by atoms with Gasteiger partial charge in [-0.2, -0.15) is 0 Å². The molecule has 0 aliphatic carbocycles. The van der Waals surface area contributed by atoms with Gasteiger partial charge in [0, 0.05) is 19.3 Å². The Hall–Kier alpha value is -1.71. The van der Waals surface area contributed by atoms with E-state index in [9.17, 15) is 14.4 Å². The lowest BCUT2D eigenvalue weighted by Gasteiger charge is -2.32. The molecule has 0 rings (SSSR count). The first-order valence-electron chi connectivity index (χ1n) is 22.5. The minimum atomic E-state index is -0.655. The Labute approximate surface area is 322 Å². The Bertz CT molecular complexity index is 799. The van der Waals surface area contributed by atoms with E-state index in [0.29, 0.717) is 32.4 Å². The summed E-state index contributed by atoms with van der Waals surface area (Å²) in [5, 5.41) is 7.70. The predicted molar refractivity (Wildman–Crippen MR) is 222 cm³/mol. The average molecular weight is 737 g/mol. The number of carbonyl (C=O) groups excluding carboxylic acids is 3. The van der Waals surface area contributed by atoms with Crippen LogP contribution in [0.3, 0.4) is 0 Å². The van der Waals surface area contributed by atoms with Crippen LogP contribution >= 0.6 is 0 Å². The second-order valence-corrected chi connectivity index (χ2v) is 15.3. The third-order valence-electron chi connectivity index (χ3n) is 10.2. The molecule has 0 aliphatic heterocycles. The molecular weight excluding hydrogens is 649 g/mol. The van der Waals surface area contributed by atoms with E-state index >= 15 is 0 Å². The molecule has 3 amide bonds. The minimum absolute atomic E-state index is 0.0943. The third-order valence-corrected chi connectivity index (χ3v) is 10.2. The van der Waals surface area contributed by atoms with Crippen LogP contribution in [0.4, 0.5) is 0 Å². The molecule has 308 valence electrons. The Kier molecular flexibility index (Phi) is 39.1. The van der Waals surface area contributed by atoms with E-state index < -0.39 is 12.1 Å². The predicted octanol–water partition coefficient (Wildman–Crippen LogP) is 9.71. The van der Waals surface area contributed by atoms with Crippen molar-refractivity contribution < 1.29 is 14.4 Å². The number of carbonyl (C=O) groups is 3. The summed E-state index contributed by atoms with van der Waals surface area (Å²) in [4.78, 5) is 38.9. The number of amides is 3. The summed E-state index contributed by atoms with van der Waals surface area (Å²) in [6.07, 6.45) is 37.8. The first-order chi connectivity index (χ1) is 25.5. The molecule has 0 saturated carbocycles. The van der Waals surface area contributed by atoms with E-state index in [1.54, 1.807) is 0 Å². The lowest BCUT2D eigenvalue weighted by Crippen LogP contribution is -2.60. The largest absolute Gasteiger partial charge is 0.334 e. The van der Waals surface area contributed by atoms with Crippen LogP contribution in [-0.4, -0.2) is 55.1 Å². The molecule has 0 radical (unpaired) electrons. The highest BCUT2D eigenvalue weighted by Crippen LogP contribution is 2.15. The standard InChI is InChI=1S/C43H88N6O3/c1-3-5-7-9-11-13-15-17-19-21-23-25-27-29-33-41(50)47-40(35-38-46-37-32-31-36-44)49(43(52)39-45)48-42(51)34-30-28-26-24-22-20-18-16-14-12-10-8-6-4-2/h40,46H,3-39,44-45H2,1-2H3,(H,47,50)(H,48,51). The summed E-state index contributed by atoms with van der Waals surface area (Å²) >= 11 is 0. The van der Waals surface area contributed by atoms with Crippen molar-refractivity contribution in [2.24, 2.45) is 11.5 Å². The van der Waals surface area contributed by atoms with Gasteiger partial charge in [-0.15, -0.1) is 0 Å². The molecule has 0 spiro atoms. The van der Waals surface area contributed by atoms with Crippen molar-refractivity contribution in [3.05, 3.63) is 0 Å². The molecule has 52 heavy (non-hydrogen) atoms. The van der Waals surface area contributed by atoms with Gasteiger partial charge in [-0.1, -0.05) is 181 Å². The van der Waals surface area contributed by atoms with Gasteiger partial charge in [0.1, 0.15) is 6.17 Å². The first-order valence-corrected chi connectivity index (χ1v) is 22.5. The number of unbranched alkanes of at least 4 members (excludes halogenated alkanes) is 27. The van der Waals surface area contributed by atoms with Crippen molar-refractivity contribution in [3.63, 3.8) is 0 Å². The molecule has 0 heterocycles. The van der Waals surface area contributed by atoms with Gasteiger partial charge in [0.25, 0.3) is 5.91 Å². The maximum absolute atomic E-state index is 13.0. The van der Waals surface area contributed by atoms with Crippen molar-refractivity contribution in [3.8, 4) is 0 Å². The molecule has 0 aromatic rings. The van der Waals surface area contributed by atoms with Crippen LogP contribution in [0.2, 0.25) is 0 Å². The van der Waals surface area contributed by atoms with Crippen molar-refractivity contribution in [2.45, 2.75) is 232 Å². The second kappa shape index (κ2) is 40.5. The molecule has 9 heteroatoms. The van der Waals surface area contributed by atoms with Gasteiger partial charge in [-0.05, 0) is 45.3 Å². The molecule has 0 saturated heterocycles. The first kappa shape index (κ1) is 50.3. The van der Waals surface area contributed by atoms with Crippen LogP contribution in [0.15, 0.2) is 0 Å². The Morgan fingerprint density at radius 1 is 0.481 bits per heavy atom. The number of nitrogens with two attached hydrogens (primary N) is 2. The van der Waals surface area contributed by atoms with E-state index in [1.165, 1.54) is 146 Å². The molecule has 0 aromatic heterocycles. The molecule has 9 nitrogen and oxygen atoms in total.